The zero-order chi connectivity index (χ0) is 11.1. The second-order valence-electron chi connectivity index (χ2n) is 4.18. The van der Waals surface area contributed by atoms with Crippen LogP contribution in [0.15, 0.2) is 0 Å². The van der Waals surface area contributed by atoms with Crippen LogP contribution in [0.4, 0.5) is 4.79 Å². The molecule has 0 spiro atoms. The lowest BCUT2D eigenvalue weighted by Crippen LogP contribution is -2.39. The molecule has 2 atom stereocenters. The lowest BCUT2D eigenvalue weighted by Gasteiger charge is -2.19. The minimum Gasteiger partial charge on any atom is -0.450 e. The molecule has 1 aliphatic heterocycles. The summed E-state index contributed by atoms with van der Waals surface area (Å²) in [6.07, 6.45) is 2.85. The van der Waals surface area contributed by atoms with E-state index < -0.39 is 0 Å². The smallest absolute Gasteiger partial charge is 0.407 e. The number of hydrogen-bond donors (Lipinski definition) is 2. The predicted octanol–water partition coefficient (Wildman–Crippen LogP) is 1.51. The Morgan fingerprint density at radius 1 is 1.67 bits per heavy atom. The number of hydrogen-bond acceptors (Lipinski definition) is 3. The van der Waals surface area contributed by atoms with E-state index in [9.17, 15) is 4.79 Å². The lowest BCUT2D eigenvalue weighted by atomic mass is 10.0. The van der Waals surface area contributed by atoms with Crippen LogP contribution in [0.5, 0.6) is 0 Å². The van der Waals surface area contributed by atoms with Crippen molar-refractivity contribution in [2.24, 2.45) is 5.92 Å². The zero-order valence-corrected chi connectivity index (χ0v) is 9.71. The maximum Gasteiger partial charge on any atom is 0.407 e. The first-order valence-electron chi connectivity index (χ1n) is 5.88. The Morgan fingerprint density at radius 2 is 2.47 bits per heavy atom. The maximum atomic E-state index is 11.3. The molecular formula is C11H22N2O2. The fourth-order valence-corrected chi connectivity index (χ4v) is 1.76. The summed E-state index contributed by atoms with van der Waals surface area (Å²) in [4.78, 5) is 11.3. The molecule has 0 aromatic heterocycles. The van der Waals surface area contributed by atoms with Crippen molar-refractivity contribution in [2.45, 2.75) is 39.2 Å². The normalized spacial score (nSPS) is 22.4. The second-order valence-corrected chi connectivity index (χ2v) is 4.18. The van der Waals surface area contributed by atoms with Crippen molar-refractivity contribution in [3.63, 3.8) is 0 Å². The van der Waals surface area contributed by atoms with Gasteiger partial charge in [-0.3, -0.25) is 0 Å². The van der Waals surface area contributed by atoms with Crippen molar-refractivity contribution >= 4 is 6.09 Å². The number of rotatable bonds is 5. The Hall–Kier alpha value is -0.770. The molecule has 1 saturated heterocycles. The van der Waals surface area contributed by atoms with Gasteiger partial charge in [0.1, 0.15) is 0 Å². The van der Waals surface area contributed by atoms with Crippen molar-refractivity contribution in [3.8, 4) is 0 Å². The lowest BCUT2D eigenvalue weighted by molar-refractivity contribution is 0.138. The fourth-order valence-electron chi connectivity index (χ4n) is 1.76. The number of alkyl carbamates (subject to hydrolysis) is 1. The largest absolute Gasteiger partial charge is 0.450 e. The molecule has 1 heterocycles. The first kappa shape index (κ1) is 12.3. The third-order valence-electron chi connectivity index (χ3n) is 2.88. The van der Waals surface area contributed by atoms with E-state index in [2.05, 4.69) is 17.6 Å². The number of carbonyl (C=O) groups is 1. The van der Waals surface area contributed by atoms with Crippen LogP contribution < -0.4 is 10.6 Å². The number of amides is 1. The van der Waals surface area contributed by atoms with E-state index >= 15 is 0 Å². The minimum absolute atomic E-state index is 0.203. The molecule has 1 amide bonds. The van der Waals surface area contributed by atoms with E-state index in [1.165, 1.54) is 0 Å². The van der Waals surface area contributed by atoms with Gasteiger partial charge in [0.15, 0.2) is 0 Å². The fraction of sp³-hybridized carbons (Fsp3) is 0.909. The molecule has 2 unspecified atom stereocenters. The summed E-state index contributed by atoms with van der Waals surface area (Å²) in [5.74, 6) is 0.545. The number of nitrogens with one attached hydrogen (secondary N) is 2. The van der Waals surface area contributed by atoms with Crippen molar-refractivity contribution < 1.29 is 9.53 Å². The van der Waals surface area contributed by atoms with Crippen molar-refractivity contribution in [1.82, 2.24) is 10.6 Å². The molecule has 88 valence electrons. The highest BCUT2D eigenvalue weighted by Gasteiger charge is 2.22. The molecule has 0 aromatic carbocycles. The molecule has 0 radical (unpaired) electrons. The molecule has 0 bridgehead atoms. The Balaban J connectivity index is 2.13. The van der Waals surface area contributed by atoms with Gasteiger partial charge in [0, 0.05) is 6.04 Å². The van der Waals surface area contributed by atoms with Crippen LogP contribution in [0.2, 0.25) is 0 Å². The van der Waals surface area contributed by atoms with Crippen LogP contribution >= 0.6 is 0 Å². The molecule has 1 aliphatic rings. The molecule has 1 fully saturated rings. The molecule has 15 heavy (non-hydrogen) atoms. The minimum atomic E-state index is -0.275. The van der Waals surface area contributed by atoms with Crippen LogP contribution in [0.3, 0.4) is 0 Å². The third kappa shape index (κ3) is 4.51. The highest BCUT2D eigenvalue weighted by atomic mass is 16.5. The summed E-state index contributed by atoms with van der Waals surface area (Å²) < 4.78 is 5.04. The quantitative estimate of drug-likeness (QED) is 0.682. The number of ether oxygens (including phenoxy) is 1. The number of unbranched alkanes of at least 4 members (excludes halogenated alkanes) is 1. The van der Waals surface area contributed by atoms with Gasteiger partial charge in [-0.2, -0.15) is 0 Å². The van der Waals surface area contributed by atoms with E-state index in [0.717, 1.165) is 32.4 Å². The standard InChI is InChI=1S/C11H22N2O2/c1-3-4-7-15-11(14)13-9(2)10-5-6-12-8-10/h9-10,12H,3-8H2,1-2H3,(H,13,14). The predicted molar refractivity (Wildman–Crippen MR) is 59.8 cm³/mol. The first-order valence-corrected chi connectivity index (χ1v) is 5.88. The monoisotopic (exact) mass is 214 g/mol. The molecule has 4 heteroatoms. The summed E-state index contributed by atoms with van der Waals surface area (Å²) >= 11 is 0. The molecule has 0 saturated carbocycles. The van der Waals surface area contributed by atoms with E-state index in [-0.39, 0.29) is 12.1 Å². The molecule has 1 rings (SSSR count). The maximum absolute atomic E-state index is 11.3. The van der Waals surface area contributed by atoms with Crippen LogP contribution in [0.1, 0.15) is 33.1 Å². The van der Waals surface area contributed by atoms with Gasteiger partial charge in [-0.1, -0.05) is 13.3 Å². The van der Waals surface area contributed by atoms with Crippen molar-refractivity contribution in [3.05, 3.63) is 0 Å². The summed E-state index contributed by atoms with van der Waals surface area (Å²) in [5, 5.41) is 6.17. The van der Waals surface area contributed by atoms with E-state index in [0.29, 0.717) is 12.5 Å². The number of carbonyl (C=O) groups excluding carboxylic acids is 1. The zero-order valence-electron chi connectivity index (χ0n) is 9.71. The summed E-state index contributed by atoms with van der Waals surface area (Å²) in [5.41, 5.74) is 0. The topological polar surface area (TPSA) is 50.4 Å². The molecule has 2 N–H and O–H groups in total. The SMILES string of the molecule is CCCCOC(=O)NC(C)C1CCNC1. The molecule has 0 aromatic rings. The Labute approximate surface area is 91.8 Å². The van der Waals surface area contributed by atoms with Crippen molar-refractivity contribution in [1.29, 1.82) is 0 Å². The van der Waals surface area contributed by atoms with Crippen LogP contribution in [-0.4, -0.2) is 31.8 Å². The summed E-state index contributed by atoms with van der Waals surface area (Å²) in [7, 11) is 0. The van der Waals surface area contributed by atoms with Crippen molar-refractivity contribution in [2.75, 3.05) is 19.7 Å². The van der Waals surface area contributed by atoms with E-state index in [4.69, 9.17) is 4.74 Å². The highest BCUT2D eigenvalue weighted by Crippen LogP contribution is 2.12. The van der Waals surface area contributed by atoms with Gasteiger partial charge in [-0.15, -0.1) is 0 Å². The first-order chi connectivity index (χ1) is 7.24. The van der Waals surface area contributed by atoms with Gasteiger partial charge in [0.25, 0.3) is 0 Å². The molecular weight excluding hydrogens is 192 g/mol. The van der Waals surface area contributed by atoms with E-state index in [1.807, 2.05) is 6.92 Å². The summed E-state index contributed by atoms with van der Waals surface area (Å²) in [6.45, 7) is 6.70. The Morgan fingerprint density at radius 3 is 3.07 bits per heavy atom. The average molecular weight is 214 g/mol. The van der Waals surface area contributed by atoms with E-state index in [1.54, 1.807) is 0 Å². The van der Waals surface area contributed by atoms with Gasteiger partial charge in [-0.25, -0.2) is 4.79 Å². The Kier molecular flexibility index (Phi) is 5.47. The molecule has 0 aliphatic carbocycles. The van der Waals surface area contributed by atoms with Gasteiger partial charge in [0.2, 0.25) is 0 Å². The van der Waals surface area contributed by atoms with Crippen LogP contribution in [0.25, 0.3) is 0 Å². The second kappa shape index (κ2) is 6.67. The summed E-state index contributed by atoms with van der Waals surface area (Å²) in [6, 6.07) is 0.203. The van der Waals surface area contributed by atoms with Crippen LogP contribution in [0, 0.1) is 5.92 Å². The third-order valence-corrected chi connectivity index (χ3v) is 2.88. The Bertz CT molecular complexity index is 191. The van der Waals surface area contributed by atoms with Gasteiger partial charge >= 0.3 is 6.09 Å². The van der Waals surface area contributed by atoms with Crippen LogP contribution in [-0.2, 0) is 4.74 Å². The molecule has 4 nitrogen and oxygen atoms in total. The highest BCUT2D eigenvalue weighted by molar-refractivity contribution is 5.67. The average Bonchev–Trinajstić information content (AvgIpc) is 2.70. The van der Waals surface area contributed by atoms with Gasteiger partial charge in [0.05, 0.1) is 6.61 Å². The van der Waals surface area contributed by atoms with Gasteiger partial charge < -0.3 is 15.4 Å². The van der Waals surface area contributed by atoms with Gasteiger partial charge in [-0.05, 0) is 38.8 Å².